The van der Waals surface area contributed by atoms with Crippen LogP contribution in [0, 0.1) is 16.6 Å². The maximum absolute atomic E-state index is 13.6. The molecule has 2 aromatic rings. The van der Waals surface area contributed by atoms with Crippen molar-refractivity contribution in [3.05, 3.63) is 71.0 Å². The molecule has 0 aliphatic heterocycles. The van der Waals surface area contributed by atoms with Gasteiger partial charge in [0, 0.05) is 6.42 Å². The Morgan fingerprint density at radius 1 is 0.900 bits per heavy atom. The van der Waals surface area contributed by atoms with Crippen molar-refractivity contribution in [3.63, 3.8) is 0 Å². The molecule has 1 fully saturated rings. The summed E-state index contributed by atoms with van der Waals surface area (Å²) in [6.07, 6.45) is 4.37. The quantitative estimate of drug-likeness (QED) is 0.377. The topological polar surface area (TPSA) is 26.3 Å². The average Bonchev–Trinajstić information content (AvgIpc) is 2.62. The van der Waals surface area contributed by atoms with Crippen LogP contribution in [0.1, 0.15) is 77.8 Å². The molecule has 1 aliphatic rings. The molecular formula is C27H33FO2. The Hall–Kier alpha value is -2.42. The zero-order chi connectivity index (χ0) is 21.9. The monoisotopic (exact) mass is 408 g/mol. The lowest BCUT2D eigenvalue weighted by atomic mass is 9.62. The first kappa shape index (κ1) is 22.3. The molecule has 0 aromatic heterocycles. The normalized spacial score (nSPS) is 17.5. The minimum atomic E-state index is -0.231. The first-order valence-electron chi connectivity index (χ1n) is 10.9. The predicted octanol–water partition coefficient (Wildman–Crippen LogP) is 7.57. The second-order valence-electron chi connectivity index (χ2n) is 10.1. The van der Waals surface area contributed by atoms with Gasteiger partial charge in [0.15, 0.2) is 0 Å². The third-order valence-corrected chi connectivity index (χ3v) is 5.66. The van der Waals surface area contributed by atoms with E-state index in [1.807, 2.05) is 43.3 Å². The second kappa shape index (κ2) is 8.75. The summed E-state index contributed by atoms with van der Waals surface area (Å²) in [5.74, 6) is 0.119. The third kappa shape index (κ3) is 5.59. The number of benzene rings is 2. The fourth-order valence-corrected chi connectivity index (χ4v) is 5.08. The van der Waals surface area contributed by atoms with Gasteiger partial charge in [-0.15, -0.1) is 0 Å². The number of rotatable bonds is 5. The molecule has 160 valence electrons. The molecule has 0 spiro atoms. The maximum Gasteiger partial charge on any atom is 0.311 e. The molecule has 0 atom stereocenters. The Morgan fingerprint density at radius 3 is 1.90 bits per heavy atom. The lowest BCUT2D eigenvalue weighted by Crippen LogP contribution is -2.30. The highest BCUT2D eigenvalue weighted by Crippen LogP contribution is 2.50. The molecule has 0 unspecified atom stereocenters. The van der Waals surface area contributed by atoms with Gasteiger partial charge in [0.1, 0.15) is 11.6 Å². The van der Waals surface area contributed by atoms with Crippen molar-refractivity contribution < 1.29 is 13.9 Å². The summed E-state index contributed by atoms with van der Waals surface area (Å²) in [6, 6.07) is 14.5. The number of carbonyl (C=O) groups is 1. The number of esters is 1. The molecule has 0 heterocycles. The summed E-state index contributed by atoms with van der Waals surface area (Å²) in [5.41, 5.74) is 5.08. The fraction of sp³-hybridized carbons (Fsp3) is 0.444. The molecule has 3 rings (SSSR count). The highest BCUT2D eigenvalue weighted by Gasteiger charge is 2.37. The van der Waals surface area contributed by atoms with Gasteiger partial charge in [0.2, 0.25) is 0 Å². The SMILES string of the molecule is CCCC(=O)Oc1ccc(C(=C2CC(C)(C)CC(C)(C)C2)c2ccc(F)cc2)cc1. The van der Waals surface area contributed by atoms with Gasteiger partial charge in [-0.25, -0.2) is 4.39 Å². The molecule has 30 heavy (non-hydrogen) atoms. The Balaban J connectivity index is 2.05. The lowest BCUT2D eigenvalue weighted by Gasteiger charge is -2.43. The van der Waals surface area contributed by atoms with Gasteiger partial charge in [-0.2, -0.15) is 0 Å². The molecule has 1 aliphatic carbocycles. The summed E-state index contributed by atoms with van der Waals surface area (Å²) in [4.78, 5) is 11.8. The number of allylic oxidation sites excluding steroid dienone is 1. The summed E-state index contributed by atoms with van der Waals surface area (Å²) in [7, 11) is 0. The van der Waals surface area contributed by atoms with Crippen molar-refractivity contribution in [2.24, 2.45) is 10.8 Å². The maximum atomic E-state index is 13.6. The minimum Gasteiger partial charge on any atom is -0.427 e. The summed E-state index contributed by atoms with van der Waals surface area (Å²) < 4.78 is 19.0. The van der Waals surface area contributed by atoms with E-state index in [9.17, 15) is 9.18 Å². The van der Waals surface area contributed by atoms with E-state index in [1.54, 1.807) is 0 Å². The number of hydrogen-bond donors (Lipinski definition) is 0. The van der Waals surface area contributed by atoms with Gasteiger partial charge >= 0.3 is 5.97 Å². The van der Waals surface area contributed by atoms with Crippen LogP contribution in [0.2, 0.25) is 0 Å². The standard InChI is InChI=1S/C27H33FO2/c1-6-7-24(29)30-23-14-10-20(11-15-23)25(19-8-12-22(28)13-9-19)21-16-26(2,3)18-27(4,5)17-21/h8-15H,6-7,16-18H2,1-5H3. The van der Waals surface area contributed by atoms with Gasteiger partial charge in [-0.3, -0.25) is 4.79 Å². The first-order valence-corrected chi connectivity index (χ1v) is 10.9. The molecule has 0 amide bonds. The number of carbonyl (C=O) groups excluding carboxylic acids is 1. The largest absolute Gasteiger partial charge is 0.427 e. The van der Waals surface area contributed by atoms with Crippen molar-refractivity contribution >= 4 is 11.5 Å². The van der Waals surface area contributed by atoms with Crippen molar-refractivity contribution in [2.45, 2.75) is 66.7 Å². The highest BCUT2D eigenvalue weighted by molar-refractivity contribution is 5.83. The summed E-state index contributed by atoms with van der Waals surface area (Å²) >= 11 is 0. The van der Waals surface area contributed by atoms with Crippen LogP contribution in [-0.2, 0) is 4.79 Å². The molecular weight excluding hydrogens is 375 g/mol. The molecule has 2 aromatic carbocycles. The van der Waals surface area contributed by atoms with Crippen LogP contribution in [0.4, 0.5) is 4.39 Å². The minimum absolute atomic E-state index is 0.206. The molecule has 1 saturated carbocycles. The smallest absolute Gasteiger partial charge is 0.311 e. The van der Waals surface area contributed by atoms with Crippen LogP contribution in [0.5, 0.6) is 5.75 Å². The van der Waals surface area contributed by atoms with Gasteiger partial charge in [0.25, 0.3) is 0 Å². The Morgan fingerprint density at radius 2 is 1.40 bits per heavy atom. The Bertz CT molecular complexity index is 900. The molecule has 2 nitrogen and oxygen atoms in total. The number of ether oxygens (including phenoxy) is 1. The van der Waals surface area contributed by atoms with E-state index in [4.69, 9.17) is 4.74 Å². The molecule has 3 heteroatoms. The van der Waals surface area contributed by atoms with E-state index in [0.717, 1.165) is 30.4 Å². The van der Waals surface area contributed by atoms with Crippen molar-refractivity contribution in [3.8, 4) is 5.75 Å². The summed E-state index contributed by atoms with van der Waals surface area (Å²) in [5, 5.41) is 0. The van der Waals surface area contributed by atoms with Crippen LogP contribution in [-0.4, -0.2) is 5.97 Å². The Kier molecular flexibility index (Phi) is 6.50. The van der Waals surface area contributed by atoms with E-state index in [1.165, 1.54) is 29.7 Å². The first-order chi connectivity index (χ1) is 14.1. The molecule has 0 saturated heterocycles. The van der Waals surface area contributed by atoms with E-state index in [-0.39, 0.29) is 22.6 Å². The third-order valence-electron chi connectivity index (χ3n) is 5.66. The Labute approximate surface area is 180 Å². The average molecular weight is 409 g/mol. The summed E-state index contributed by atoms with van der Waals surface area (Å²) in [6.45, 7) is 11.3. The van der Waals surface area contributed by atoms with Gasteiger partial charge in [-0.1, -0.05) is 64.5 Å². The predicted molar refractivity (Wildman–Crippen MR) is 121 cm³/mol. The molecule has 0 radical (unpaired) electrons. The van der Waals surface area contributed by atoms with Crippen LogP contribution in [0.15, 0.2) is 54.1 Å². The zero-order valence-electron chi connectivity index (χ0n) is 18.8. The van der Waals surface area contributed by atoms with Crippen molar-refractivity contribution in [2.75, 3.05) is 0 Å². The van der Waals surface area contributed by atoms with E-state index < -0.39 is 0 Å². The van der Waals surface area contributed by atoms with E-state index in [0.29, 0.717) is 12.2 Å². The van der Waals surface area contributed by atoms with Gasteiger partial charge in [-0.05, 0) is 77.5 Å². The molecule has 0 bridgehead atoms. The highest BCUT2D eigenvalue weighted by atomic mass is 19.1. The number of hydrogen-bond acceptors (Lipinski definition) is 2. The van der Waals surface area contributed by atoms with Crippen LogP contribution < -0.4 is 4.74 Å². The van der Waals surface area contributed by atoms with Crippen LogP contribution in [0.25, 0.3) is 5.57 Å². The zero-order valence-corrected chi connectivity index (χ0v) is 18.8. The van der Waals surface area contributed by atoms with Crippen LogP contribution in [0.3, 0.4) is 0 Å². The second-order valence-corrected chi connectivity index (χ2v) is 10.1. The van der Waals surface area contributed by atoms with Crippen LogP contribution >= 0.6 is 0 Å². The molecule has 0 N–H and O–H groups in total. The fourth-order valence-electron chi connectivity index (χ4n) is 5.08. The van der Waals surface area contributed by atoms with Gasteiger partial charge in [0.05, 0.1) is 0 Å². The van der Waals surface area contributed by atoms with E-state index >= 15 is 0 Å². The van der Waals surface area contributed by atoms with Gasteiger partial charge < -0.3 is 4.74 Å². The van der Waals surface area contributed by atoms with Crippen molar-refractivity contribution in [1.29, 1.82) is 0 Å². The lowest BCUT2D eigenvalue weighted by molar-refractivity contribution is -0.134. The number of halogens is 1. The van der Waals surface area contributed by atoms with Crippen molar-refractivity contribution in [1.82, 2.24) is 0 Å². The van der Waals surface area contributed by atoms with E-state index in [2.05, 4.69) is 27.7 Å².